The van der Waals surface area contributed by atoms with E-state index < -0.39 is 0 Å². The van der Waals surface area contributed by atoms with Crippen molar-refractivity contribution >= 4 is 17.6 Å². The first-order valence-corrected chi connectivity index (χ1v) is 5.30. The second kappa shape index (κ2) is 3.98. The molecule has 0 atom stereocenters. The number of thioether (sulfide) groups is 1. The molecule has 70 valence electrons. The first-order valence-electron chi connectivity index (χ1n) is 4.25. The highest BCUT2D eigenvalue weighted by atomic mass is 32.2. The number of hydrogen-bond donors (Lipinski definition) is 1. The van der Waals surface area contributed by atoms with E-state index in [9.17, 15) is 0 Å². The van der Waals surface area contributed by atoms with E-state index in [2.05, 4.69) is 4.98 Å². The monoisotopic (exact) mass is 196 g/mol. The van der Waals surface area contributed by atoms with Crippen molar-refractivity contribution in [2.24, 2.45) is 0 Å². The highest BCUT2D eigenvalue weighted by molar-refractivity contribution is 7.99. The molecule has 0 aliphatic carbocycles. The SMILES string of the molecule is Nc1ncccc1CSC1COC1. The number of ether oxygens (including phenoxy) is 1. The molecule has 0 amide bonds. The van der Waals surface area contributed by atoms with E-state index in [-0.39, 0.29) is 0 Å². The van der Waals surface area contributed by atoms with Crippen LogP contribution < -0.4 is 5.73 Å². The number of pyridine rings is 1. The van der Waals surface area contributed by atoms with Gasteiger partial charge < -0.3 is 10.5 Å². The van der Waals surface area contributed by atoms with Crippen LogP contribution >= 0.6 is 11.8 Å². The van der Waals surface area contributed by atoms with Crippen LogP contribution in [0.25, 0.3) is 0 Å². The smallest absolute Gasteiger partial charge is 0.127 e. The van der Waals surface area contributed by atoms with Crippen LogP contribution in [0.3, 0.4) is 0 Å². The minimum Gasteiger partial charge on any atom is -0.383 e. The molecule has 0 aromatic carbocycles. The molecule has 0 unspecified atom stereocenters. The standard InChI is InChI=1S/C9H12N2OS/c10-9-7(2-1-3-11-9)6-13-8-4-12-5-8/h1-3,8H,4-6H2,(H2,10,11). The Morgan fingerprint density at radius 3 is 3.08 bits per heavy atom. The third-order valence-electron chi connectivity index (χ3n) is 2.01. The summed E-state index contributed by atoms with van der Waals surface area (Å²) in [4.78, 5) is 4.03. The van der Waals surface area contributed by atoms with Gasteiger partial charge in [0.05, 0.1) is 18.5 Å². The van der Waals surface area contributed by atoms with Gasteiger partial charge in [-0.3, -0.25) is 0 Å². The summed E-state index contributed by atoms with van der Waals surface area (Å²) in [7, 11) is 0. The molecule has 13 heavy (non-hydrogen) atoms. The molecule has 2 N–H and O–H groups in total. The van der Waals surface area contributed by atoms with E-state index in [4.69, 9.17) is 10.5 Å². The third-order valence-corrected chi connectivity index (χ3v) is 3.23. The van der Waals surface area contributed by atoms with Crippen LogP contribution in [0.5, 0.6) is 0 Å². The lowest BCUT2D eigenvalue weighted by atomic mass is 10.3. The van der Waals surface area contributed by atoms with Crippen LogP contribution in [-0.2, 0) is 10.5 Å². The first kappa shape index (κ1) is 8.84. The van der Waals surface area contributed by atoms with Gasteiger partial charge in [-0.2, -0.15) is 0 Å². The van der Waals surface area contributed by atoms with Crippen LogP contribution in [0.1, 0.15) is 5.56 Å². The zero-order valence-electron chi connectivity index (χ0n) is 7.27. The number of nitrogens with two attached hydrogens (primary N) is 1. The molecule has 2 heterocycles. The second-order valence-electron chi connectivity index (χ2n) is 3.02. The normalized spacial score (nSPS) is 16.9. The average molecular weight is 196 g/mol. The van der Waals surface area contributed by atoms with Gasteiger partial charge in [-0.1, -0.05) is 6.07 Å². The molecule has 1 aromatic heterocycles. The number of nitrogens with zero attached hydrogens (tertiary/aromatic N) is 1. The lowest BCUT2D eigenvalue weighted by Crippen LogP contribution is -2.30. The maximum absolute atomic E-state index is 5.71. The van der Waals surface area contributed by atoms with E-state index in [0.29, 0.717) is 11.1 Å². The average Bonchev–Trinajstić information content (AvgIpc) is 2.05. The Morgan fingerprint density at radius 2 is 2.46 bits per heavy atom. The predicted octanol–water partition coefficient (Wildman–Crippen LogP) is 1.30. The van der Waals surface area contributed by atoms with Crippen LogP contribution in [-0.4, -0.2) is 23.4 Å². The molecule has 3 nitrogen and oxygen atoms in total. The van der Waals surface area contributed by atoms with Crippen LogP contribution in [0.4, 0.5) is 5.82 Å². The van der Waals surface area contributed by atoms with Gasteiger partial charge in [0, 0.05) is 17.5 Å². The summed E-state index contributed by atoms with van der Waals surface area (Å²) in [5.74, 6) is 1.59. The largest absolute Gasteiger partial charge is 0.383 e. The highest BCUT2D eigenvalue weighted by Crippen LogP contribution is 2.24. The van der Waals surface area contributed by atoms with E-state index in [0.717, 1.165) is 24.5 Å². The third kappa shape index (κ3) is 2.14. The topological polar surface area (TPSA) is 48.1 Å². The zero-order valence-corrected chi connectivity index (χ0v) is 8.09. The molecule has 0 saturated carbocycles. The van der Waals surface area contributed by atoms with Crippen molar-refractivity contribution in [2.45, 2.75) is 11.0 Å². The summed E-state index contributed by atoms with van der Waals surface area (Å²) < 4.78 is 5.09. The van der Waals surface area contributed by atoms with Crippen LogP contribution in [0, 0.1) is 0 Å². The molecule has 0 spiro atoms. The van der Waals surface area contributed by atoms with Gasteiger partial charge in [0.1, 0.15) is 5.82 Å². The Bertz CT molecular complexity index is 289. The van der Waals surface area contributed by atoms with Crippen molar-refractivity contribution in [3.05, 3.63) is 23.9 Å². The Labute approximate surface area is 81.7 Å². The summed E-state index contributed by atoms with van der Waals surface area (Å²) in [5, 5.41) is 0.652. The van der Waals surface area contributed by atoms with Crippen molar-refractivity contribution in [1.82, 2.24) is 4.98 Å². The maximum atomic E-state index is 5.71. The molecule has 1 aliphatic heterocycles. The molecule has 1 saturated heterocycles. The Hall–Kier alpha value is -0.740. The number of anilines is 1. The van der Waals surface area contributed by atoms with E-state index in [1.54, 1.807) is 6.20 Å². The van der Waals surface area contributed by atoms with Gasteiger partial charge in [0.15, 0.2) is 0 Å². The Kier molecular flexibility index (Phi) is 2.71. The summed E-state index contributed by atoms with van der Waals surface area (Å²) in [6.07, 6.45) is 1.72. The van der Waals surface area contributed by atoms with Gasteiger partial charge >= 0.3 is 0 Å². The lowest BCUT2D eigenvalue weighted by molar-refractivity contribution is 0.0455. The Balaban J connectivity index is 1.89. The second-order valence-corrected chi connectivity index (χ2v) is 4.31. The van der Waals surface area contributed by atoms with E-state index in [1.807, 2.05) is 23.9 Å². The Morgan fingerprint density at radius 1 is 1.62 bits per heavy atom. The molecule has 4 heteroatoms. The van der Waals surface area contributed by atoms with Crippen molar-refractivity contribution in [3.63, 3.8) is 0 Å². The molecule has 1 aromatic rings. The highest BCUT2D eigenvalue weighted by Gasteiger charge is 2.18. The number of hydrogen-bond acceptors (Lipinski definition) is 4. The van der Waals surface area contributed by atoms with Crippen molar-refractivity contribution < 1.29 is 4.74 Å². The van der Waals surface area contributed by atoms with Crippen LogP contribution in [0.15, 0.2) is 18.3 Å². The van der Waals surface area contributed by atoms with Gasteiger partial charge in [-0.15, -0.1) is 11.8 Å². The first-order chi connectivity index (χ1) is 6.36. The van der Waals surface area contributed by atoms with Gasteiger partial charge in [0.2, 0.25) is 0 Å². The molecule has 1 fully saturated rings. The minimum atomic E-state index is 0.648. The minimum absolute atomic E-state index is 0.648. The van der Waals surface area contributed by atoms with Gasteiger partial charge in [-0.25, -0.2) is 4.98 Å². The quantitative estimate of drug-likeness (QED) is 0.791. The predicted molar refractivity (Wildman–Crippen MR) is 54.6 cm³/mol. The number of rotatable bonds is 3. The molecule has 2 rings (SSSR count). The van der Waals surface area contributed by atoms with Crippen LogP contribution in [0.2, 0.25) is 0 Å². The fraction of sp³-hybridized carbons (Fsp3) is 0.444. The van der Waals surface area contributed by atoms with E-state index in [1.165, 1.54) is 0 Å². The molecular formula is C9H12N2OS. The molecule has 1 aliphatic rings. The molecule has 0 bridgehead atoms. The van der Waals surface area contributed by atoms with Gasteiger partial charge in [-0.05, 0) is 6.07 Å². The zero-order chi connectivity index (χ0) is 9.10. The molecular weight excluding hydrogens is 184 g/mol. The number of nitrogen functional groups attached to an aromatic ring is 1. The summed E-state index contributed by atoms with van der Waals surface area (Å²) >= 11 is 1.89. The fourth-order valence-electron chi connectivity index (χ4n) is 1.09. The maximum Gasteiger partial charge on any atom is 0.127 e. The number of aromatic nitrogens is 1. The van der Waals surface area contributed by atoms with Crippen molar-refractivity contribution in [1.29, 1.82) is 0 Å². The summed E-state index contributed by atoms with van der Waals surface area (Å²) in [5.41, 5.74) is 6.83. The van der Waals surface area contributed by atoms with Crippen molar-refractivity contribution in [3.8, 4) is 0 Å². The molecule has 0 radical (unpaired) electrons. The van der Waals surface area contributed by atoms with Crippen molar-refractivity contribution in [2.75, 3.05) is 18.9 Å². The van der Waals surface area contributed by atoms with Gasteiger partial charge in [0.25, 0.3) is 0 Å². The van der Waals surface area contributed by atoms with E-state index >= 15 is 0 Å². The summed E-state index contributed by atoms with van der Waals surface area (Å²) in [6.45, 7) is 1.76. The summed E-state index contributed by atoms with van der Waals surface area (Å²) in [6, 6.07) is 3.94. The lowest BCUT2D eigenvalue weighted by Gasteiger charge is -2.25. The fourth-order valence-corrected chi connectivity index (χ4v) is 2.14.